The highest BCUT2D eigenvalue weighted by Gasteiger charge is 2.04. The zero-order valence-electron chi connectivity index (χ0n) is 15.1. The highest BCUT2D eigenvalue weighted by molar-refractivity contribution is 5.93. The number of carbonyl (C=O) groups is 1. The third-order valence-corrected chi connectivity index (χ3v) is 4.39. The first-order valence-electron chi connectivity index (χ1n) is 8.56. The Morgan fingerprint density at radius 2 is 1.58 bits per heavy atom. The maximum atomic E-state index is 11.3. The highest BCUT2D eigenvalue weighted by Crippen LogP contribution is 2.24. The molecule has 0 saturated heterocycles. The summed E-state index contributed by atoms with van der Waals surface area (Å²) in [7, 11) is 2.06. The molecule has 0 atom stereocenters. The Morgan fingerprint density at radius 3 is 2.19 bits per heavy atom. The molecule has 132 valence electrons. The Kier molecular flexibility index (Phi) is 5.23. The summed E-state index contributed by atoms with van der Waals surface area (Å²) in [5.41, 5.74) is 11.4. The maximum Gasteiger partial charge on any atom is 0.248 e. The lowest BCUT2D eigenvalue weighted by Gasteiger charge is -2.20. The third-order valence-electron chi connectivity index (χ3n) is 4.39. The lowest BCUT2D eigenvalue weighted by Crippen LogP contribution is -2.11. The monoisotopic (exact) mass is 345 g/mol. The van der Waals surface area contributed by atoms with Crippen LogP contribution in [0.4, 0.5) is 17.1 Å². The molecule has 0 fully saturated rings. The summed E-state index contributed by atoms with van der Waals surface area (Å²) in [4.78, 5) is 13.4. The van der Waals surface area contributed by atoms with E-state index < -0.39 is 5.91 Å². The number of hydrogen-bond donors (Lipinski definition) is 2. The van der Waals surface area contributed by atoms with Gasteiger partial charge in [0, 0.05) is 36.2 Å². The van der Waals surface area contributed by atoms with E-state index in [1.54, 1.807) is 12.1 Å². The summed E-state index contributed by atoms with van der Waals surface area (Å²) in [6, 6.07) is 24.1. The molecule has 0 heterocycles. The zero-order valence-corrected chi connectivity index (χ0v) is 15.1. The molecule has 3 rings (SSSR count). The number of nitrogens with two attached hydrogens (primary N) is 1. The van der Waals surface area contributed by atoms with Crippen LogP contribution in [0.2, 0.25) is 0 Å². The van der Waals surface area contributed by atoms with Gasteiger partial charge in [0.25, 0.3) is 0 Å². The Balaban J connectivity index is 1.65. The Morgan fingerprint density at radius 1 is 0.962 bits per heavy atom. The van der Waals surface area contributed by atoms with Crippen LogP contribution < -0.4 is 16.0 Å². The highest BCUT2D eigenvalue weighted by atomic mass is 16.1. The van der Waals surface area contributed by atoms with E-state index in [0.29, 0.717) is 12.1 Å². The molecular weight excluding hydrogens is 322 g/mol. The smallest absolute Gasteiger partial charge is 0.248 e. The van der Waals surface area contributed by atoms with Crippen molar-refractivity contribution < 1.29 is 4.79 Å². The minimum absolute atomic E-state index is 0.419. The van der Waals surface area contributed by atoms with E-state index in [1.807, 2.05) is 12.1 Å². The van der Waals surface area contributed by atoms with Gasteiger partial charge in [0.2, 0.25) is 5.91 Å². The predicted molar refractivity (Wildman–Crippen MR) is 108 cm³/mol. The van der Waals surface area contributed by atoms with Gasteiger partial charge in [-0.2, -0.15) is 0 Å². The van der Waals surface area contributed by atoms with Crippen molar-refractivity contribution in [2.45, 2.75) is 13.5 Å². The fourth-order valence-electron chi connectivity index (χ4n) is 2.74. The second kappa shape index (κ2) is 7.74. The van der Waals surface area contributed by atoms with Gasteiger partial charge in [0.05, 0.1) is 0 Å². The number of nitrogens with one attached hydrogen (secondary N) is 1. The summed E-state index contributed by atoms with van der Waals surface area (Å²) in [5, 5.41) is 3.32. The predicted octanol–water partition coefficient (Wildman–Crippen LogP) is 4.47. The molecule has 0 aliphatic rings. The average Bonchev–Trinajstić information content (AvgIpc) is 2.67. The molecule has 0 spiro atoms. The van der Waals surface area contributed by atoms with Gasteiger partial charge in [-0.1, -0.05) is 35.9 Å². The first kappa shape index (κ1) is 17.5. The van der Waals surface area contributed by atoms with Crippen LogP contribution in [0.15, 0.2) is 72.8 Å². The van der Waals surface area contributed by atoms with E-state index >= 15 is 0 Å². The molecule has 1 amide bonds. The van der Waals surface area contributed by atoms with Crippen LogP contribution in [0, 0.1) is 6.92 Å². The molecule has 0 unspecified atom stereocenters. The van der Waals surface area contributed by atoms with Crippen molar-refractivity contribution in [3.63, 3.8) is 0 Å². The van der Waals surface area contributed by atoms with Gasteiger partial charge in [-0.25, -0.2) is 0 Å². The lowest BCUT2D eigenvalue weighted by atomic mass is 10.1. The van der Waals surface area contributed by atoms with E-state index in [1.165, 1.54) is 5.56 Å². The first-order chi connectivity index (χ1) is 12.5. The average molecular weight is 345 g/mol. The number of nitrogens with zero attached hydrogens (tertiary/aromatic N) is 1. The zero-order chi connectivity index (χ0) is 18.5. The molecule has 0 aliphatic carbocycles. The lowest BCUT2D eigenvalue weighted by molar-refractivity contribution is 0.100. The van der Waals surface area contributed by atoms with Crippen LogP contribution in [0.1, 0.15) is 21.5 Å². The standard InChI is InChI=1S/C22H23N3O/c1-16-6-10-20(11-7-16)25(2)21-12-8-17(9-13-21)15-24-19-5-3-4-18(14-19)22(23)26/h3-14,24H,15H2,1-2H3,(H2,23,26). The Bertz CT molecular complexity index is 886. The van der Waals surface area contributed by atoms with E-state index in [2.05, 4.69) is 72.7 Å². The molecule has 0 bridgehead atoms. The van der Waals surface area contributed by atoms with Gasteiger partial charge in [-0.15, -0.1) is 0 Å². The van der Waals surface area contributed by atoms with Crippen molar-refractivity contribution in [2.24, 2.45) is 5.73 Å². The van der Waals surface area contributed by atoms with Crippen LogP contribution in [-0.2, 0) is 6.54 Å². The molecule has 3 N–H and O–H groups in total. The normalized spacial score (nSPS) is 10.4. The Hall–Kier alpha value is -3.27. The Labute approximate surface area is 154 Å². The van der Waals surface area contributed by atoms with Crippen molar-refractivity contribution in [2.75, 3.05) is 17.3 Å². The summed E-state index contributed by atoms with van der Waals surface area (Å²) < 4.78 is 0. The fraction of sp³-hybridized carbons (Fsp3) is 0.136. The molecule has 0 aliphatic heterocycles. The van der Waals surface area contributed by atoms with Gasteiger partial charge < -0.3 is 16.0 Å². The van der Waals surface area contributed by atoms with Gasteiger partial charge in [-0.3, -0.25) is 4.79 Å². The van der Waals surface area contributed by atoms with Crippen LogP contribution in [0.5, 0.6) is 0 Å². The third kappa shape index (κ3) is 4.22. The molecule has 4 heteroatoms. The van der Waals surface area contributed by atoms with Crippen molar-refractivity contribution in [1.29, 1.82) is 0 Å². The summed E-state index contributed by atoms with van der Waals surface area (Å²) in [6.45, 7) is 2.77. The minimum Gasteiger partial charge on any atom is -0.381 e. The number of carbonyl (C=O) groups excluding carboxylic acids is 1. The molecule has 4 nitrogen and oxygen atoms in total. The minimum atomic E-state index is -0.419. The summed E-state index contributed by atoms with van der Waals surface area (Å²) in [6.07, 6.45) is 0. The van der Waals surface area contributed by atoms with Crippen LogP contribution in [0.3, 0.4) is 0 Å². The molecule has 0 saturated carbocycles. The van der Waals surface area contributed by atoms with Gasteiger partial charge in [0.1, 0.15) is 0 Å². The quantitative estimate of drug-likeness (QED) is 0.693. The largest absolute Gasteiger partial charge is 0.381 e. The topological polar surface area (TPSA) is 58.4 Å². The summed E-state index contributed by atoms with van der Waals surface area (Å²) >= 11 is 0. The van der Waals surface area contributed by atoms with Crippen molar-refractivity contribution in [3.8, 4) is 0 Å². The fourth-order valence-corrected chi connectivity index (χ4v) is 2.74. The van der Waals surface area contributed by atoms with Crippen LogP contribution >= 0.6 is 0 Å². The number of rotatable bonds is 6. The van der Waals surface area contributed by atoms with E-state index in [0.717, 1.165) is 22.6 Å². The van der Waals surface area contributed by atoms with Crippen LogP contribution in [-0.4, -0.2) is 13.0 Å². The number of amides is 1. The molecule has 26 heavy (non-hydrogen) atoms. The molecule has 3 aromatic rings. The first-order valence-corrected chi connectivity index (χ1v) is 8.56. The van der Waals surface area contributed by atoms with E-state index in [9.17, 15) is 4.79 Å². The van der Waals surface area contributed by atoms with Crippen molar-refractivity contribution in [1.82, 2.24) is 0 Å². The van der Waals surface area contributed by atoms with E-state index in [-0.39, 0.29) is 0 Å². The van der Waals surface area contributed by atoms with Crippen molar-refractivity contribution >= 4 is 23.0 Å². The van der Waals surface area contributed by atoms with Crippen molar-refractivity contribution in [3.05, 3.63) is 89.5 Å². The SMILES string of the molecule is Cc1ccc(N(C)c2ccc(CNc3cccc(C(N)=O)c3)cc2)cc1. The van der Waals surface area contributed by atoms with Gasteiger partial charge in [0.15, 0.2) is 0 Å². The number of hydrogen-bond acceptors (Lipinski definition) is 3. The molecule has 0 radical (unpaired) electrons. The number of benzene rings is 3. The molecular formula is C22H23N3O. The second-order valence-corrected chi connectivity index (χ2v) is 6.36. The van der Waals surface area contributed by atoms with Gasteiger partial charge in [-0.05, 0) is 55.0 Å². The summed E-state index contributed by atoms with van der Waals surface area (Å²) in [5.74, 6) is -0.419. The second-order valence-electron chi connectivity index (χ2n) is 6.36. The van der Waals surface area contributed by atoms with Crippen LogP contribution in [0.25, 0.3) is 0 Å². The number of aryl methyl sites for hydroxylation is 1. The molecule has 0 aromatic heterocycles. The number of anilines is 3. The molecule has 3 aromatic carbocycles. The van der Waals surface area contributed by atoms with E-state index in [4.69, 9.17) is 5.73 Å². The number of primary amides is 1. The maximum absolute atomic E-state index is 11.3. The van der Waals surface area contributed by atoms with Gasteiger partial charge >= 0.3 is 0 Å².